The van der Waals surface area contributed by atoms with Crippen LogP contribution in [-0.4, -0.2) is 56.3 Å². The van der Waals surface area contributed by atoms with Crippen molar-refractivity contribution in [1.82, 2.24) is 29.9 Å². The normalized spacial score (nSPS) is 16.8. The molecule has 3 aromatic heterocycles. The SMILES string of the molecule is COc1nc(-c2cnc(N3CC[C@@H](NC(C)(C)C)C3)nn2)ccc1-c1cc(C)ns1. The smallest absolute Gasteiger partial charge is 0.245 e. The van der Waals surface area contributed by atoms with Crippen molar-refractivity contribution in [1.29, 1.82) is 0 Å². The topological polar surface area (TPSA) is 89.0 Å². The molecule has 9 heteroatoms. The van der Waals surface area contributed by atoms with Crippen LogP contribution in [0.5, 0.6) is 5.88 Å². The van der Waals surface area contributed by atoms with Crippen LogP contribution in [-0.2, 0) is 0 Å². The molecule has 8 nitrogen and oxygen atoms in total. The molecule has 1 N–H and O–H groups in total. The van der Waals surface area contributed by atoms with Gasteiger partial charge in [0.05, 0.1) is 35.1 Å². The van der Waals surface area contributed by atoms with Gasteiger partial charge in [-0.3, -0.25) is 0 Å². The van der Waals surface area contributed by atoms with Gasteiger partial charge >= 0.3 is 0 Å². The highest BCUT2D eigenvalue weighted by Gasteiger charge is 2.27. The monoisotopic (exact) mass is 425 g/mol. The molecule has 0 aliphatic carbocycles. The molecule has 1 fully saturated rings. The molecular weight excluding hydrogens is 398 g/mol. The Hall–Kier alpha value is -2.65. The van der Waals surface area contributed by atoms with Crippen molar-refractivity contribution in [2.24, 2.45) is 0 Å². The number of nitrogens with zero attached hydrogens (tertiary/aromatic N) is 6. The van der Waals surface area contributed by atoms with E-state index in [-0.39, 0.29) is 5.54 Å². The largest absolute Gasteiger partial charge is 0.481 e. The number of aryl methyl sites for hydroxylation is 1. The summed E-state index contributed by atoms with van der Waals surface area (Å²) in [6, 6.07) is 6.35. The van der Waals surface area contributed by atoms with Crippen LogP contribution in [0.1, 0.15) is 32.9 Å². The third-order valence-corrected chi connectivity index (χ3v) is 5.78. The van der Waals surface area contributed by atoms with E-state index in [4.69, 9.17) is 4.74 Å². The van der Waals surface area contributed by atoms with Crippen molar-refractivity contribution in [3.05, 3.63) is 30.1 Å². The molecule has 0 unspecified atom stereocenters. The molecule has 158 valence electrons. The zero-order valence-corrected chi connectivity index (χ0v) is 18.8. The molecule has 0 bridgehead atoms. The Labute approximate surface area is 180 Å². The molecule has 0 saturated carbocycles. The summed E-state index contributed by atoms with van der Waals surface area (Å²) >= 11 is 1.43. The highest BCUT2D eigenvalue weighted by molar-refractivity contribution is 7.09. The van der Waals surface area contributed by atoms with E-state index in [0.717, 1.165) is 35.6 Å². The van der Waals surface area contributed by atoms with E-state index in [2.05, 4.69) is 55.5 Å². The Morgan fingerprint density at radius 2 is 2.03 bits per heavy atom. The lowest BCUT2D eigenvalue weighted by molar-refractivity contribution is 0.373. The molecule has 0 spiro atoms. The fourth-order valence-corrected chi connectivity index (χ4v) is 4.39. The standard InChI is InChI=1S/C21H27N7OS/c1-13-10-18(30-27-13)15-6-7-16(23-19(15)29-5)17-11-22-20(26-25-17)28-9-8-14(12-28)24-21(2,3)4/h6-7,10-11,14,24H,8-9,12H2,1-5H3/t14-/m1/s1. The summed E-state index contributed by atoms with van der Waals surface area (Å²) in [5.41, 5.74) is 3.29. The van der Waals surface area contributed by atoms with Gasteiger partial charge in [0.2, 0.25) is 11.8 Å². The molecule has 1 saturated heterocycles. The number of hydrogen-bond acceptors (Lipinski definition) is 9. The summed E-state index contributed by atoms with van der Waals surface area (Å²) in [5.74, 6) is 1.19. The van der Waals surface area contributed by atoms with Gasteiger partial charge in [-0.05, 0) is 63.8 Å². The first-order chi connectivity index (χ1) is 14.3. The maximum absolute atomic E-state index is 5.51. The number of anilines is 1. The van der Waals surface area contributed by atoms with Gasteiger partial charge in [0, 0.05) is 24.7 Å². The van der Waals surface area contributed by atoms with E-state index >= 15 is 0 Å². The number of ether oxygens (including phenoxy) is 1. The fourth-order valence-electron chi connectivity index (χ4n) is 3.62. The van der Waals surface area contributed by atoms with Crippen LogP contribution >= 0.6 is 11.5 Å². The quantitative estimate of drug-likeness (QED) is 0.666. The van der Waals surface area contributed by atoms with E-state index in [1.54, 1.807) is 13.3 Å². The van der Waals surface area contributed by atoms with E-state index in [0.29, 0.717) is 29.3 Å². The van der Waals surface area contributed by atoms with E-state index < -0.39 is 0 Å². The molecule has 1 aliphatic rings. The lowest BCUT2D eigenvalue weighted by Crippen LogP contribution is -2.45. The van der Waals surface area contributed by atoms with Crippen molar-refractivity contribution in [2.45, 2.75) is 45.7 Å². The molecule has 30 heavy (non-hydrogen) atoms. The second-order valence-corrected chi connectivity index (χ2v) is 9.36. The number of hydrogen-bond donors (Lipinski definition) is 1. The minimum absolute atomic E-state index is 0.0956. The molecule has 0 aromatic carbocycles. The average Bonchev–Trinajstić information content (AvgIpc) is 3.35. The maximum Gasteiger partial charge on any atom is 0.245 e. The lowest BCUT2D eigenvalue weighted by atomic mass is 10.1. The van der Waals surface area contributed by atoms with Gasteiger partial charge in [0.15, 0.2) is 0 Å². The van der Waals surface area contributed by atoms with Gasteiger partial charge in [0.1, 0.15) is 5.69 Å². The number of pyridine rings is 1. The van der Waals surface area contributed by atoms with Crippen LogP contribution < -0.4 is 15.0 Å². The van der Waals surface area contributed by atoms with Gasteiger partial charge < -0.3 is 15.0 Å². The van der Waals surface area contributed by atoms with Gasteiger partial charge in [-0.2, -0.15) is 4.37 Å². The van der Waals surface area contributed by atoms with Crippen LogP contribution in [0.4, 0.5) is 5.95 Å². The summed E-state index contributed by atoms with van der Waals surface area (Å²) in [6.07, 6.45) is 2.80. The molecule has 4 rings (SSSR count). The summed E-state index contributed by atoms with van der Waals surface area (Å²) in [6.45, 7) is 10.3. The minimum Gasteiger partial charge on any atom is -0.481 e. The third-order valence-electron chi connectivity index (χ3n) is 4.87. The molecular formula is C21H27N7OS. The number of aromatic nitrogens is 5. The average molecular weight is 426 g/mol. The van der Waals surface area contributed by atoms with Crippen LogP contribution in [0.3, 0.4) is 0 Å². The summed E-state index contributed by atoms with van der Waals surface area (Å²) < 4.78 is 9.85. The van der Waals surface area contributed by atoms with Crippen molar-refractivity contribution in [3.8, 4) is 27.7 Å². The van der Waals surface area contributed by atoms with Crippen molar-refractivity contribution in [2.75, 3.05) is 25.1 Å². The highest BCUT2D eigenvalue weighted by Crippen LogP contribution is 2.33. The number of nitrogens with one attached hydrogen (secondary N) is 1. The summed E-state index contributed by atoms with van der Waals surface area (Å²) in [5, 5.41) is 12.4. The molecule has 0 radical (unpaired) electrons. The molecule has 1 atom stereocenters. The molecule has 0 amide bonds. The Balaban J connectivity index is 1.50. The van der Waals surface area contributed by atoms with Gasteiger partial charge in [0.25, 0.3) is 0 Å². The number of rotatable bonds is 5. The predicted molar refractivity (Wildman–Crippen MR) is 119 cm³/mol. The van der Waals surface area contributed by atoms with E-state index in [9.17, 15) is 0 Å². The van der Waals surface area contributed by atoms with Gasteiger partial charge in [-0.25, -0.2) is 9.97 Å². The third kappa shape index (κ3) is 4.57. The predicted octanol–water partition coefficient (Wildman–Crippen LogP) is 3.34. The van der Waals surface area contributed by atoms with E-state index in [1.165, 1.54) is 11.5 Å². The first-order valence-electron chi connectivity index (χ1n) is 10.0. The van der Waals surface area contributed by atoms with Crippen molar-refractivity contribution in [3.63, 3.8) is 0 Å². The Kier molecular flexibility index (Phi) is 5.66. The zero-order chi connectivity index (χ0) is 21.3. The van der Waals surface area contributed by atoms with E-state index in [1.807, 2.05) is 25.1 Å². The minimum atomic E-state index is 0.0956. The molecule has 1 aliphatic heterocycles. The lowest BCUT2D eigenvalue weighted by Gasteiger charge is -2.25. The van der Waals surface area contributed by atoms with Crippen molar-refractivity contribution >= 4 is 17.5 Å². The Bertz CT molecular complexity index is 1010. The summed E-state index contributed by atoms with van der Waals surface area (Å²) in [7, 11) is 1.62. The second kappa shape index (κ2) is 8.23. The highest BCUT2D eigenvalue weighted by atomic mass is 32.1. The summed E-state index contributed by atoms with van der Waals surface area (Å²) in [4.78, 5) is 12.4. The molecule has 4 heterocycles. The Morgan fingerprint density at radius 1 is 1.20 bits per heavy atom. The van der Waals surface area contributed by atoms with Gasteiger partial charge in [-0.1, -0.05) is 0 Å². The van der Waals surface area contributed by atoms with Crippen LogP contribution in [0.15, 0.2) is 24.4 Å². The van der Waals surface area contributed by atoms with Crippen LogP contribution in [0, 0.1) is 6.92 Å². The van der Waals surface area contributed by atoms with Crippen LogP contribution in [0.2, 0.25) is 0 Å². The maximum atomic E-state index is 5.51. The first kappa shape index (κ1) is 20.6. The van der Waals surface area contributed by atoms with Crippen LogP contribution in [0.25, 0.3) is 21.8 Å². The first-order valence-corrected chi connectivity index (χ1v) is 10.8. The van der Waals surface area contributed by atoms with Gasteiger partial charge in [-0.15, -0.1) is 10.2 Å². The Morgan fingerprint density at radius 3 is 2.67 bits per heavy atom. The zero-order valence-electron chi connectivity index (χ0n) is 18.0. The number of methoxy groups -OCH3 is 1. The molecule has 3 aromatic rings. The second-order valence-electron chi connectivity index (χ2n) is 8.56. The van der Waals surface area contributed by atoms with Crippen molar-refractivity contribution < 1.29 is 4.74 Å². The fraction of sp³-hybridized carbons (Fsp3) is 0.476.